The van der Waals surface area contributed by atoms with Gasteiger partial charge in [0.25, 0.3) is 0 Å². The molecule has 1 aromatic rings. The first-order valence-corrected chi connectivity index (χ1v) is 6.81. The summed E-state index contributed by atoms with van der Waals surface area (Å²) in [6.07, 6.45) is 0.167. The summed E-state index contributed by atoms with van der Waals surface area (Å²) < 4.78 is 17.4. The molecule has 18 heavy (non-hydrogen) atoms. The Morgan fingerprint density at radius 3 is 3.06 bits per heavy atom. The summed E-state index contributed by atoms with van der Waals surface area (Å²) in [7, 11) is 1.66. The Morgan fingerprint density at radius 1 is 1.50 bits per heavy atom. The van der Waals surface area contributed by atoms with E-state index in [2.05, 4.69) is 21.2 Å². The van der Waals surface area contributed by atoms with Gasteiger partial charge in [-0.3, -0.25) is 0 Å². The monoisotopic (exact) mass is 315 g/mol. The van der Waals surface area contributed by atoms with Crippen LogP contribution in [0.3, 0.4) is 0 Å². The molecule has 1 heterocycles. The van der Waals surface area contributed by atoms with Crippen LogP contribution in [0.1, 0.15) is 5.56 Å². The number of nitrogens with one attached hydrogen (secondary N) is 1. The van der Waals surface area contributed by atoms with Crippen LogP contribution in [0.4, 0.5) is 0 Å². The highest BCUT2D eigenvalue weighted by atomic mass is 79.9. The molecule has 0 saturated carbocycles. The topological polar surface area (TPSA) is 39.7 Å². The van der Waals surface area contributed by atoms with E-state index >= 15 is 0 Å². The van der Waals surface area contributed by atoms with Crippen molar-refractivity contribution in [3.05, 3.63) is 28.2 Å². The van der Waals surface area contributed by atoms with Gasteiger partial charge in [-0.05, 0) is 33.6 Å². The van der Waals surface area contributed by atoms with Crippen molar-refractivity contribution in [2.24, 2.45) is 0 Å². The molecule has 2 rings (SSSR count). The summed E-state index contributed by atoms with van der Waals surface area (Å²) in [6.45, 7) is 3.77. The highest BCUT2D eigenvalue weighted by Crippen LogP contribution is 2.25. The van der Waals surface area contributed by atoms with Gasteiger partial charge in [0.15, 0.2) is 0 Å². The molecule has 1 aliphatic rings. The third-order valence-electron chi connectivity index (χ3n) is 2.79. The molecule has 1 unspecified atom stereocenters. The van der Waals surface area contributed by atoms with Crippen molar-refractivity contribution in [2.45, 2.75) is 12.7 Å². The second-order valence-corrected chi connectivity index (χ2v) is 5.04. The maximum atomic E-state index is 5.66. The summed E-state index contributed by atoms with van der Waals surface area (Å²) in [5.74, 6) is 0.832. The van der Waals surface area contributed by atoms with Gasteiger partial charge >= 0.3 is 0 Å². The smallest absolute Gasteiger partial charge is 0.133 e. The average molecular weight is 316 g/mol. The Morgan fingerprint density at radius 2 is 2.39 bits per heavy atom. The van der Waals surface area contributed by atoms with Crippen LogP contribution < -0.4 is 10.1 Å². The van der Waals surface area contributed by atoms with Crippen LogP contribution in [0.15, 0.2) is 22.7 Å². The molecule has 100 valence electrons. The van der Waals surface area contributed by atoms with E-state index in [0.717, 1.165) is 35.5 Å². The van der Waals surface area contributed by atoms with Crippen molar-refractivity contribution in [3.63, 3.8) is 0 Å². The van der Waals surface area contributed by atoms with Crippen molar-refractivity contribution in [2.75, 3.05) is 33.4 Å². The van der Waals surface area contributed by atoms with Gasteiger partial charge in [-0.25, -0.2) is 0 Å². The number of benzene rings is 1. The summed E-state index contributed by atoms with van der Waals surface area (Å²) in [6, 6.07) is 5.95. The van der Waals surface area contributed by atoms with Crippen molar-refractivity contribution in [3.8, 4) is 5.75 Å². The molecular formula is C13H18BrNO3. The number of hydrogen-bond donors (Lipinski definition) is 1. The lowest BCUT2D eigenvalue weighted by atomic mass is 10.2. The lowest BCUT2D eigenvalue weighted by Gasteiger charge is -2.23. The van der Waals surface area contributed by atoms with Gasteiger partial charge in [0.1, 0.15) is 5.75 Å². The molecule has 0 amide bonds. The number of ether oxygens (including phenoxy) is 3. The second kappa shape index (κ2) is 7.09. The minimum atomic E-state index is 0.167. The van der Waals surface area contributed by atoms with Crippen LogP contribution in [0.5, 0.6) is 5.75 Å². The molecule has 1 N–H and O–H groups in total. The Balaban J connectivity index is 1.77. The first kappa shape index (κ1) is 13.8. The molecule has 1 saturated heterocycles. The standard InChI is InChI=1S/C13H18BrNO3/c1-16-13-3-2-10(6-12(13)14)8-17-9-11-7-15-4-5-18-11/h2-3,6,11,15H,4-5,7-9H2,1H3. The normalized spacial score (nSPS) is 19.8. The van der Waals surface area contributed by atoms with Crippen LogP contribution in [0.25, 0.3) is 0 Å². The van der Waals surface area contributed by atoms with E-state index in [1.165, 1.54) is 0 Å². The van der Waals surface area contributed by atoms with Gasteiger partial charge in [-0.15, -0.1) is 0 Å². The van der Waals surface area contributed by atoms with Gasteiger partial charge in [-0.1, -0.05) is 6.07 Å². The quantitative estimate of drug-likeness (QED) is 0.901. The van der Waals surface area contributed by atoms with E-state index < -0.39 is 0 Å². The van der Waals surface area contributed by atoms with Crippen LogP contribution in [-0.2, 0) is 16.1 Å². The molecule has 1 atom stereocenters. The molecule has 0 bridgehead atoms. The van der Waals surface area contributed by atoms with Crippen molar-refractivity contribution in [1.82, 2.24) is 5.32 Å². The number of hydrogen-bond acceptors (Lipinski definition) is 4. The summed E-state index contributed by atoms with van der Waals surface area (Å²) in [4.78, 5) is 0. The van der Waals surface area contributed by atoms with E-state index in [1.807, 2.05) is 18.2 Å². The Hall–Kier alpha value is -0.620. The minimum Gasteiger partial charge on any atom is -0.496 e. The number of morpholine rings is 1. The zero-order chi connectivity index (χ0) is 12.8. The second-order valence-electron chi connectivity index (χ2n) is 4.18. The molecule has 4 nitrogen and oxygen atoms in total. The van der Waals surface area contributed by atoms with Crippen molar-refractivity contribution >= 4 is 15.9 Å². The van der Waals surface area contributed by atoms with Crippen LogP contribution in [0, 0.1) is 0 Å². The van der Waals surface area contributed by atoms with Gasteiger partial charge in [0, 0.05) is 13.1 Å². The summed E-state index contributed by atoms with van der Waals surface area (Å²) in [5.41, 5.74) is 1.12. The predicted molar refractivity (Wildman–Crippen MR) is 73.0 cm³/mol. The zero-order valence-corrected chi connectivity index (χ0v) is 12.0. The molecule has 1 aromatic carbocycles. The maximum Gasteiger partial charge on any atom is 0.133 e. The third kappa shape index (κ3) is 3.95. The molecule has 0 aromatic heterocycles. The summed E-state index contributed by atoms with van der Waals surface area (Å²) >= 11 is 3.46. The van der Waals surface area contributed by atoms with Crippen molar-refractivity contribution < 1.29 is 14.2 Å². The van der Waals surface area contributed by atoms with Gasteiger partial charge in [0.2, 0.25) is 0 Å². The minimum absolute atomic E-state index is 0.167. The SMILES string of the molecule is COc1ccc(COCC2CNCCO2)cc1Br. The molecular weight excluding hydrogens is 298 g/mol. The molecule has 1 fully saturated rings. The number of halogens is 1. The Labute approximate surface area is 116 Å². The van der Waals surface area contributed by atoms with Crippen molar-refractivity contribution in [1.29, 1.82) is 0 Å². The molecule has 0 radical (unpaired) electrons. The first-order valence-electron chi connectivity index (χ1n) is 6.02. The van der Waals surface area contributed by atoms with E-state index in [9.17, 15) is 0 Å². The van der Waals surface area contributed by atoms with E-state index in [0.29, 0.717) is 13.2 Å². The average Bonchev–Trinajstić information content (AvgIpc) is 2.40. The molecule has 0 spiro atoms. The Kier molecular flexibility index (Phi) is 5.44. The molecule has 1 aliphatic heterocycles. The lowest BCUT2D eigenvalue weighted by Crippen LogP contribution is -2.40. The van der Waals surface area contributed by atoms with Crippen LogP contribution >= 0.6 is 15.9 Å². The van der Waals surface area contributed by atoms with E-state index in [-0.39, 0.29) is 6.10 Å². The fourth-order valence-electron chi connectivity index (χ4n) is 1.83. The van der Waals surface area contributed by atoms with Crippen LogP contribution in [-0.4, -0.2) is 39.5 Å². The van der Waals surface area contributed by atoms with Gasteiger partial charge in [-0.2, -0.15) is 0 Å². The van der Waals surface area contributed by atoms with E-state index in [1.54, 1.807) is 7.11 Å². The fourth-order valence-corrected chi connectivity index (χ4v) is 2.42. The molecule has 5 heteroatoms. The van der Waals surface area contributed by atoms with E-state index in [4.69, 9.17) is 14.2 Å². The largest absolute Gasteiger partial charge is 0.496 e. The maximum absolute atomic E-state index is 5.66. The highest BCUT2D eigenvalue weighted by molar-refractivity contribution is 9.10. The highest BCUT2D eigenvalue weighted by Gasteiger charge is 2.13. The Bertz CT molecular complexity index is 380. The third-order valence-corrected chi connectivity index (χ3v) is 3.41. The fraction of sp³-hybridized carbons (Fsp3) is 0.538. The lowest BCUT2D eigenvalue weighted by molar-refractivity contribution is -0.0357. The van der Waals surface area contributed by atoms with Gasteiger partial charge < -0.3 is 19.5 Å². The number of methoxy groups -OCH3 is 1. The number of rotatable bonds is 5. The first-order chi connectivity index (χ1) is 8.79. The molecule has 0 aliphatic carbocycles. The predicted octanol–water partition coefficient (Wildman–Crippen LogP) is 1.96. The zero-order valence-electron chi connectivity index (χ0n) is 10.4. The summed E-state index contributed by atoms with van der Waals surface area (Å²) in [5, 5.41) is 3.28. The van der Waals surface area contributed by atoms with Crippen LogP contribution in [0.2, 0.25) is 0 Å². The van der Waals surface area contributed by atoms with Gasteiger partial charge in [0.05, 0.1) is 37.5 Å².